The summed E-state index contributed by atoms with van der Waals surface area (Å²) in [5.74, 6) is 2.22. The van der Waals surface area contributed by atoms with Crippen LogP contribution in [-0.4, -0.2) is 7.85 Å². The number of allylic oxidation sites excluding steroid dienone is 2. The summed E-state index contributed by atoms with van der Waals surface area (Å²) in [6.45, 7) is 0. The normalized spacial score (nSPS) is 29.9. The van der Waals surface area contributed by atoms with Gasteiger partial charge in [0.15, 0.2) is 0 Å². The first-order chi connectivity index (χ1) is 6.84. The van der Waals surface area contributed by atoms with E-state index in [4.69, 9.17) is 7.85 Å². The van der Waals surface area contributed by atoms with Crippen LogP contribution in [0.5, 0.6) is 0 Å². The highest BCUT2D eigenvalue weighted by Crippen LogP contribution is 2.35. The van der Waals surface area contributed by atoms with E-state index in [1.807, 2.05) is 0 Å². The molecule has 2 aliphatic carbocycles. The molecule has 1 fully saturated rings. The lowest BCUT2D eigenvalue weighted by Gasteiger charge is -2.19. The summed E-state index contributed by atoms with van der Waals surface area (Å²) in [5.41, 5.74) is 0. The van der Waals surface area contributed by atoms with Gasteiger partial charge in [-0.25, -0.2) is 0 Å². The smallest absolute Gasteiger partial charge is 0.0699 e. The van der Waals surface area contributed by atoms with E-state index in [2.05, 4.69) is 12.2 Å². The minimum Gasteiger partial charge on any atom is -0.0882 e. The van der Waals surface area contributed by atoms with E-state index in [1.165, 1.54) is 51.4 Å². The zero-order chi connectivity index (χ0) is 9.80. The molecule has 2 atom stereocenters. The van der Waals surface area contributed by atoms with Crippen LogP contribution in [0.1, 0.15) is 51.4 Å². The molecule has 0 aliphatic heterocycles. The maximum Gasteiger partial charge on any atom is 0.0699 e. The number of hydrogen-bond donors (Lipinski definition) is 0. The Bertz CT molecular complexity index is 191. The Kier molecular flexibility index (Phi) is 3.72. The van der Waals surface area contributed by atoms with Gasteiger partial charge in [0, 0.05) is 0 Å². The first kappa shape index (κ1) is 10.3. The Balaban J connectivity index is 1.66. The van der Waals surface area contributed by atoms with E-state index in [0.717, 1.165) is 11.8 Å². The van der Waals surface area contributed by atoms with Crippen LogP contribution in [-0.2, 0) is 0 Å². The van der Waals surface area contributed by atoms with Crippen LogP contribution >= 0.6 is 0 Å². The first-order valence-electron chi connectivity index (χ1n) is 6.27. The van der Waals surface area contributed by atoms with Gasteiger partial charge in [0.2, 0.25) is 0 Å². The maximum absolute atomic E-state index is 6.20. The third-order valence-corrected chi connectivity index (χ3v) is 3.83. The van der Waals surface area contributed by atoms with Crippen molar-refractivity contribution in [2.24, 2.45) is 11.8 Å². The summed E-state index contributed by atoms with van der Waals surface area (Å²) < 4.78 is 0. The molecular weight excluding hydrogens is 167 g/mol. The van der Waals surface area contributed by atoms with Crippen LogP contribution < -0.4 is 0 Å². The quantitative estimate of drug-likeness (QED) is 0.464. The summed E-state index contributed by atoms with van der Waals surface area (Å²) in [6.07, 6.45) is 15.6. The van der Waals surface area contributed by atoms with Gasteiger partial charge < -0.3 is 0 Å². The van der Waals surface area contributed by atoms with Crippen LogP contribution in [0.3, 0.4) is 0 Å². The molecule has 0 N–H and O–H groups in total. The van der Waals surface area contributed by atoms with Gasteiger partial charge in [-0.2, -0.15) is 0 Å². The predicted molar refractivity (Wildman–Crippen MR) is 62.6 cm³/mol. The van der Waals surface area contributed by atoms with Gasteiger partial charge in [-0.3, -0.25) is 0 Å². The lowest BCUT2D eigenvalue weighted by atomic mass is 9.74. The molecule has 0 aromatic carbocycles. The molecule has 2 rings (SSSR count). The van der Waals surface area contributed by atoms with E-state index in [0.29, 0.717) is 5.82 Å². The van der Waals surface area contributed by atoms with E-state index in [1.54, 1.807) is 0 Å². The molecule has 76 valence electrons. The zero-order valence-corrected chi connectivity index (χ0v) is 9.12. The SMILES string of the molecule is [B]C(CC1C=CCC1)CC1CCCC1. The topological polar surface area (TPSA) is 0 Å². The maximum atomic E-state index is 6.20. The fourth-order valence-electron chi connectivity index (χ4n) is 3.05. The van der Waals surface area contributed by atoms with Crippen LogP contribution in [0.25, 0.3) is 0 Å². The zero-order valence-electron chi connectivity index (χ0n) is 9.12. The second-order valence-electron chi connectivity index (χ2n) is 5.15. The average molecular weight is 188 g/mol. The van der Waals surface area contributed by atoms with Gasteiger partial charge >= 0.3 is 0 Å². The Morgan fingerprint density at radius 3 is 2.57 bits per heavy atom. The van der Waals surface area contributed by atoms with Crippen molar-refractivity contribution < 1.29 is 0 Å². The van der Waals surface area contributed by atoms with Crippen LogP contribution in [0.2, 0.25) is 5.82 Å². The molecule has 2 aliphatic rings. The highest BCUT2D eigenvalue weighted by atomic mass is 14.2. The molecule has 2 radical (unpaired) electrons. The van der Waals surface area contributed by atoms with Crippen molar-refractivity contribution in [1.29, 1.82) is 0 Å². The molecule has 2 unspecified atom stereocenters. The molecule has 0 bridgehead atoms. The molecule has 0 aromatic heterocycles. The van der Waals surface area contributed by atoms with Gasteiger partial charge in [-0.1, -0.05) is 56.5 Å². The van der Waals surface area contributed by atoms with Crippen molar-refractivity contribution in [3.05, 3.63) is 12.2 Å². The fourth-order valence-corrected chi connectivity index (χ4v) is 3.05. The Hall–Kier alpha value is -0.195. The summed E-state index contributed by atoms with van der Waals surface area (Å²) >= 11 is 0. The highest BCUT2D eigenvalue weighted by molar-refractivity contribution is 6.11. The van der Waals surface area contributed by atoms with Gasteiger partial charge in [0.05, 0.1) is 7.85 Å². The van der Waals surface area contributed by atoms with Crippen molar-refractivity contribution in [3.8, 4) is 0 Å². The molecule has 0 spiro atoms. The molecule has 0 nitrogen and oxygen atoms in total. The Labute approximate surface area is 89.6 Å². The minimum absolute atomic E-state index is 0.464. The largest absolute Gasteiger partial charge is 0.0882 e. The molecule has 0 heterocycles. The predicted octanol–water partition coefficient (Wildman–Crippen LogP) is 3.88. The lowest BCUT2D eigenvalue weighted by molar-refractivity contribution is 0.442. The second kappa shape index (κ2) is 5.05. The second-order valence-corrected chi connectivity index (χ2v) is 5.15. The summed E-state index contributed by atoms with van der Waals surface area (Å²) in [6, 6.07) is 0. The molecule has 0 saturated heterocycles. The van der Waals surface area contributed by atoms with Crippen molar-refractivity contribution in [2.45, 2.75) is 57.2 Å². The third-order valence-electron chi connectivity index (χ3n) is 3.83. The van der Waals surface area contributed by atoms with Gasteiger partial charge in [0.1, 0.15) is 0 Å². The van der Waals surface area contributed by atoms with Crippen molar-refractivity contribution in [2.75, 3.05) is 0 Å². The molecule has 1 heteroatoms. The monoisotopic (exact) mass is 188 g/mol. The Morgan fingerprint density at radius 2 is 1.93 bits per heavy atom. The number of hydrogen-bond acceptors (Lipinski definition) is 0. The molecule has 1 saturated carbocycles. The lowest BCUT2D eigenvalue weighted by Crippen LogP contribution is -2.05. The van der Waals surface area contributed by atoms with Crippen molar-refractivity contribution in [1.82, 2.24) is 0 Å². The summed E-state index contributed by atoms with van der Waals surface area (Å²) in [5, 5.41) is 0. The molecule has 0 aromatic rings. The van der Waals surface area contributed by atoms with Crippen LogP contribution in [0.4, 0.5) is 0 Å². The molecular formula is C13H21B. The number of rotatable bonds is 4. The minimum atomic E-state index is 0.464. The van der Waals surface area contributed by atoms with Gasteiger partial charge in [0.25, 0.3) is 0 Å². The fraction of sp³-hybridized carbons (Fsp3) is 0.846. The van der Waals surface area contributed by atoms with Gasteiger partial charge in [-0.15, -0.1) is 0 Å². The van der Waals surface area contributed by atoms with E-state index in [-0.39, 0.29) is 0 Å². The summed E-state index contributed by atoms with van der Waals surface area (Å²) in [7, 11) is 6.20. The standard InChI is InChI=1S/C13H21B/c14-13(9-11-5-1-2-6-11)10-12-7-3-4-8-12/h1,5,11-13H,2-4,6-10H2. The van der Waals surface area contributed by atoms with Crippen LogP contribution in [0, 0.1) is 11.8 Å². The highest BCUT2D eigenvalue weighted by Gasteiger charge is 2.19. The summed E-state index contributed by atoms with van der Waals surface area (Å²) in [4.78, 5) is 0. The van der Waals surface area contributed by atoms with Crippen molar-refractivity contribution >= 4 is 7.85 Å². The van der Waals surface area contributed by atoms with E-state index < -0.39 is 0 Å². The van der Waals surface area contributed by atoms with E-state index in [9.17, 15) is 0 Å². The Morgan fingerprint density at radius 1 is 1.14 bits per heavy atom. The third kappa shape index (κ3) is 2.90. The van der Waals surface area contributed by atoms with Gasteiger partial charge in [-0.05, 0) is 24.7 Å². The van der Waals surface area contributed by atoms with E-state index >= 15 is 0 Å². The molecule has 0 amide bonds. The molecule has 14 heavy (non-hydrogen) atoms. The van der Waals surface area contributed by atoms with Crippen molar-refractivity contribution in [3.63, 3.8) is 0 Å². The first-order valence-corrected chi connectivity index (χ1v) is 6.27. The average Bonchev–Trinajstić information content (AvgIpc) is 2.76. The van der Waals surface area contributed by atoms with Crippen LogP contribution in [0.15, 0.2) is 12.2 Å².